The fourth-order valence-electron chi connectivity index (χ4n) is 2.50. The highest BCUT2D eigenvalue weighted by atomic mass is 16.6. The zero-order valence-corrected chi connectivity index (χ0v) is 10.1. The van der Waals surface area contributed by atoms with Crippen LogP contribution in [0.25, 0.3) is 0 Å². The molecule has 2 heterocycles. The van der Waals surface area contributed by atoms with E-state index in [1.54, 1.807) is 0 Å². The lowest BCUT2D eigenvalue weighted by atomic mass is 10.2. The van der Waals surface area contributed by atoms with Crippen LogP contribution < -0.4 is 5.32 Å². The molecule has 0 radical (unpaired) electrons. The molecule has 2 fully saturated rings. The van der Waals surface area contributed by atoms with Gasteiger partial charge in [0.2, 0.25) is 0 Å². The van der Waals surface area contributed by atoms with Crippen molar-refractivity contribution in [2.75, 3.05) is 18.4 Å². The number of nitro groups is 1. The van der Waals surface area contributed by atoms with Crippen LogP contribution >= 0.6 is 0 Å². The molecule has 96 valence electrons. The van der Waals surface area contributed by atoms with Crippen molar-refractivity contribution in [2.45, 2.75) is 31.3 Å². The van der Waals surface area contributed by atoms with E-state index in [1.165, 1.54) is 31.2 Å². The van der Waals surface area contributed by atoms with Crippen LogP contribution in [0.2, 0.25) is 0 Å². The van der Waals surface area contributed by atoms with Crippen molar-refractivity contribution in [3.63, 3.8) is 0 Å². The number of nitrogens with one attached hydrogen (secondary N) is 1. The van der Waals surface area contributed by atoms with Gasteiger partial charge in [0.15, 0.2) is 0 Å². The topological polar surface area (TPSA) is 71.3 Å². The lowest BCUT2D eigenvalue weighted by Crippen LogP contribution is -2.27. The zero-order valence-electron chi connectivity index (χ0n) is 10.1. The van der Waals surface area contributed by atoms with Gasteiger partial charge in [0, 0.05) is 37.4 Å². The van der Waals surface area contributed by atoms with Gasteiger partial charge in [0.1, 0.15) is 5.82 Å². The Morgan fingerprint density at radius 2 is 2.28 bits per heavy atom. The van der Waals surface area contributed by atoms with Gasteiger partial charge >= 0.3 is 0 Å². The van der Waals surface area contributed by atoms with Gasteiger partial charge in [-0.15, -0.1) is 0 Å². The maximum Gasteiger partial charge on any atom is 0.274 e. The molecule has 1 aliphatic carbocycles. The summed E-state index contributed by atoms with van der Waals surface area (Å²) in [6.07, 6.45) is 5.21. The minimum absolute atomic E-state index is 0.0875. The van der Waals surface area contributed by atoms with E-state index in [4.69, 9.17) is 0 Å². The first-order valence-electron chi connectivity index (χ1n) is 6.33. The van der Waals surface area contributed by atoms with Gasteiger partial charge in [-0.25, -0.2) is 4.98 Å². The molecule has 1 aromatic heterocycles. The molecule has 0 amide bonds. The lowest BCUT2D eigenvalue weighted by Gasteiger charge is -2.15. The van der Waals surface area contributed by atoms with Crippen LogP contribution in [-0.2, 0) is 0 Å². The second kappa shape index (κ2) is 4.53. The average molecular weight is 248 g/mol. The minimum Gasteiger partial charge on any atom is -0.366 e. The summed E-state index contributed by atoms with van der Waals surface area (Å²) in [5, 5.41) is 14.0. The lowest BCUT2D eigenvalue weighted by molar-refractivity contribution is -0.384. The molecule has 1 atom stereocenters. The molecular weight excluding hydrogens is 232 g/mol. The van der Waals surface area contributed by atoms with Crippen LogP contribution in [0.1, 0.15) is 19.3 Å². The normalized spacial score (nSPS) is 24.1. The van der Waals surface area contributed by atoms with E-state index in [2.05, 4.69) is 15.2 Å². The van der Waals surface area contributed by atoms with Gasteiger partial charge in [-0.1, -0.05) is 0 Å². The minimum atomic E-state index is -0.391. The Balaban J connectivity index is 1.62. The van der Waals surface area contributed by atoms with Crippen LogP contribution in [-0.4, -0.2) is 40.0 Å². The summed E-state index contributed by atoms with van der Waals surface area (Å²) in [7, 11) is 0. The van der Waals surface area contributed by atoms with Crippen molar-refractivity contribution < 1.29 is 4.92 Å². The van der Waals surface area contributed by atoms with E-state index in [-0.39, 0.29) is 5.69 Å². The van der Waals surface area contributed by atoms with Crippen LogP contribution in [0, 0.1) is 10.1 Å². The molecule has 0 aromatic carbocycles. The van der Waals surface area contributed by atoms with E-state index in [1.807, 2.05) is 0 Å². The van der Waals surface area contributed by atoms with E-state index in [0.29, 0.717) is 11.9 Å². The van der Waals surface area contributed by atoms with Crippen molar-refractivity contribution in [1.82, 2.24) is 9.88 Å². The standard InChI is InChI=1S/C12H16N4O2/c17-16(18)11-3-5-13-12(7-11)14-9-4-6-15(8-9)10-1-2-10/h3,5,7,9-10H,1-2,4,6,8H2,(H,13,14). The van der Waals surface area contributed by atoms with E-state index in [0.717, 1.165) is 25.6 Å². The van der Waals surface area contributed by atoms with Gasteiger partial charge in [0.25, 0.3) is 5.69 Å². The van der Waals surface area contributed by atoms with Crippen molar-refractivity contribution in [1.29, 1.82) is 0 Å². The van der Waals surface area contributed by atoms with Crippen molar-refractivity contribution in [3.8, 4) is 0 Å². The smallest absolute Gasteiger partial charge is 0.274 e. The predicted octanol–water partition coefficient (Wildman–Crippen LogP) is 1.64. The predicted molar refractivity (Wildman–Crippen MR) is 67.5 cm³/mol. The molecule has 0 bridgehead atoms. The van der Waals surface area contributed by atoms with Crippen molar-refractivity contribution >= 4 is 11.5 Å². The highest BCUT2D eigenvalue weighted by molar-refractivity contribution is 5.45. The number of hydrogen-bond donors (Lipinski definition) is 1. The maximum atomic E-state index is 10.7. The fourth-order valence-corrected chi connectivity index (χ4v) is 2.50. The summed E-state index contributed by atoms with van der Waals surface area (Å²) >= 11 is 0. The van der Waals surface area contributed by atoms with E-state index < -0.39 is 4.92 Å². The number of nitrogens with zero attached hydrogens (tertiary/aromatic N) is 3. The molecule has 1 saturated heterocycles. The third-order valence-corrected chi connectivity index (χ3v) is 3.59. The fraction of sp³-hybridized carbons (Fsp3) is 0.583. The van der Waals surface area contributed by atoms with Crippen LogP contribution in [0.3, 0.4) is 0 Å². The quantitative estimate of drug-likeness (QED) is 0.648. The molecule has 6 nitrogen and oxygen atoms in total. The highest BCUT2D eigenvalue weighted by Gasteiger charge is 2.34. The summed E-state index contributed by atoms with van der Waals surface area (Å²) in [6.45, 7) is 2.15. The average Bonchev–Trinajstić information content (AvgIpc) is 3.11. The van der Waals surface area contributed by atoms with Gasteiger partial charge in [-0.3, -0.25) is 15.0 Å². The number of pyridine rings is 1. The molecule has 1 N–H and O–H groups in total. The number of anilines is 1. The Kier molecular flexibility index (Phi) is 2.87. The Labute approximate surface area is 105 Å². The largest absolute Gasteiger partial charge is 0.366 e. The van der Waals surface area contributed by atoms with E-state index in [9.17, 15) is 10.1 Å². The third-order valence-electron chi connectivity index (χ3n) is 3.59. The number of aromatic nitrogens is 1. The molecule has 2 aliphatic rings. The molecule has 3 rings (SSSR count). The Morgan fingerprint density at radius 1 is 1.44 bits per heavy atom. The third kappa shape index (κ3) is 2.43. The van der Waals surface area contributed by atoms with Gasteiger partial charge < -0.3 is 5.32 Å². The van der Waals surface area contributed by atoms with Crippen molar-refractivity contribution in [3.05, 3.63) is 28.4 Å². The highest BCUT2D eigenvalue weighted by Crippen LogP contribution is 2.30. The molecule has 1 saturated carbocycles. The van der Waals surface area contributed by atoms with Crippen molar-refractivity contribution in [2.24, 2.45) is 0 Å². The Hall–Kier alpha value is -1.69. The maximum absolute atomic E-state index is 10.7. The SMILES string of the molecule is O=[N+]([O-])c1ccnc(NC2CCN(C3CC3)C2)c1. The monoisotopic (exact) mass is 248 g/mol. The molecule has 1 unspecified atom stereocenters. The molecule has 1 aromatic rings. The summed E-state index contributed by atoms with van der Waals surface area (Å²) in [4.78, 5) is 16.9. The molecule has 0 spiro atoms. The van der Waals surface area contributed by atoms with E-state index >= 15 is 0 Å². The Morgan fingerprint density at radius 3 is 3.00 bits per heavy atom. The zero-order chi connectivity index (χ0) is 12.5. The molecule has 6 heteroatoms. The van der Waals surface area contributed by atoms with Crippen LogP contribution in [0.4, 0.5) is 11.5 Å². The first kappa shape index (κ1) is 11.4. The summed E-state index contributed by atoms with van der Waals surface area (Å²) in [6, 6.07) is 4.06. The van der Waals surface area contributed by atoms with Gasteiger partial charge in [-0.05, 0) is 19.3 Å². The molecule has 18 heavy (non-hydrogen) atoms. The Bertz CT molecular complexity index is 461. The summed E-state index contributed by atoms with van der Waals surface area (Å²) in [5.74, 6) is 0.604. The summed E-state index contributed by atoms with van der Waals surface area (Å²) < 4.78 is 0. The van der Waals surface area contributed by atoms with Crippen LogP contribution in [0.5, 0.6) is 0 Å². The number of likely N-dealkylation sites (tertiary alicyclic amines) is 1. The first-order valence-corrected chi connectivity index (χ1v) is 6.33. The first-order chi connectivity index (χ1) is 8.72. The van der Waals surface area contributed by atoms with Gasteiger partial charge in [-0.2, -0.15) is 0 Å². The van der Waals surface area contributed by atoms with Crippen LogP contribution in [0.15, 0.2) is 18.3 Å². The van der Waals surface area contributed by atoms with Gasteiger partial charge in [0.05, 0.1) is 11.0 Å². The number of hydrogen-bond acceptors (Lipinski definition) is 5. The second-order valence-corrected chi connectivity index (χ2v) is 5.01. The second-order valence-electron chi connectivity index (χ2n) is 5.01. The summed E-state index contributed by atoms with van der Waals surface area (Å²) in [5.41, 5.74) is 0.0875. The molecule has 1 aliphatic heterocycles. The number of rotatable bonds is 4. The molecular formula is C12H16N4O2.